The summed E-state index contributed by atoms with van der Waals surface area (Å²) in [5.41, 5.74) is 0.266. The van der Waals surface area contributed by atoms with E-state index in [0.29, 0.717) is 0 Å². The molecular weight excluding hydrogens is 281 g/mol. The van der Waals surface area contributed by atoms with Crippen LogP contribution in [0.15, 0.2) is 18.2 Å². The Bertz CT molecular complexity index is 520. The number of hydrogen-bond donors (Lipinski definition) is 4. The van der Waals surface area contributed by atoms with Crippen molar-refractivity contribution < 1.29 is 29.3 Å². The number of carboxylic acid groups (broad SMARTS) is 1. The van der Waals surface area contributed by atoms with Crippen LogP contribution in [0.3, 0.4) is 0 Å². The number of aliphatic carboxylic acids is 1. The van der Waals surface area contributed by atoms with E-state index >= 15 is 0 Å². The quantitative estimate of drug-likeness (QED) is 0.582. The molecular formula is C14H18FNO5. The molecule has 0 heterocycles. The number of carbonyl (C=O) groups is 2. The van der Waals surface area contributed by atoms with Crippen LogP contribution in [0.2, 0.25) is 0 Å². The summed E-state index contributed by atoms with van der Waals surface area (Å²) in [7, 11) is 0. The van der Waals surface area contributed by atoms with Crippen LogP contribution in [-0.4, -0.2) is 39.8 Å². The van der Waals surface area contributed by atoms with Crippen LogP contribution in [0.5, 0.6) is 0 Å². The molecule has 0 aromatic heterocycles. The molecule has 0 saturated heterocycles. The molecule has 21 heavy (non-hydrogen) atoms. The Kier molecular flexibility index (Phi) is 6.26. The lowest BCUT2D eigenvalue weighted by atomic mass is 9.95. The smallest absolute Gasteiger partial charge is 0.307 e. The third-order valence-electron chi connectivity index (χ3n) is 2.95. The number of halogens is 1. The minimum Gasteiger partial charge on any atom is -0.481 e. The van der Waals surface area contributed by atoms with Gasteiger partial charge >= 0.3 is 5.97 Å². The highest BCUT2D eigenvalue weighted by molar-refractivity contribution is 5.72. The number of benzene rings is 1. The van der Waals surface area contributed by atoms with Crippen LogP contribution in [0.25, 0.3) is 0 Å². The molecule has 0 radical (unpaired) electrons. The SMILES string of the molecule is CC(=O)NCCC(O)C(O)c1cc(F)ccc1CC(=O)O. The lowest BCUT2D eigenvalue weighted by Crippen LogP contribution is -2.28. The minimum absolute atomic E-state index is 0.0349. The van der Waals surface area contributed by atoms with E-state index < -0.39 is 24.0 Å². The number of carbonyl (C=O) groups excluding carboxylic acids is 1. The molecule has 116 valence electrons. The van der Waals surface area contributed by atoms with Crippen LogP contribution in [0, 0.1) is 5.82 Å². The predicted molar refractivity (Wildman–Crippen MR) is 72.0 cm³/mol. The Hall–Kier alpha value is -1.99. The zero-order valence-corrected chi connectivity index (χ0v) is 11.5. The molecule has 2 unspecified atom stereocenters. The van der Waals surface area contributed by atoms with Crippen LogP contribution < -0.4 is 5.32 Å². The van der Waals surface area contributed by atoms with Gasteiger partial charge in [-0.15, -0.1) is 0 Å². The van der Waals surface area contributed by atoms with E-state index in [1.165, 1.54) is 13.0 Å². The molecule has 1 aromatic rings. The second kappa shape index (κ2) is 7.70. The fourth-order valence-corrected chi connectivity index (χ4v) is 1.93. The van der Waals surface area contributed by atoms with Crippen LogP contribution in [0.4, 0.5) is 4.39 Å². The Balaban J connectivity index is 2.83. The van der Waals surface area contributed by atoms with Crippen LogP contribution in [0.1, 0.15) is 30.6 Å². The zero-order chi connectivity index (χ0) is 16.0. The molecule has 0 bridgehead atoms. The molecule has 0 fully saturated rings. The minimum atomic E-state index is -1.43. The van der Waals surface area contributed by atoms with Crippen molar-refractivity contribution in [2.45, 2.75) is 32.0 Å². The average molecular weight is 299 g/mol. The number of aliphatic hydroxyl groups excluding tert-OH is 2. The molecule has 1 amide bonds. The van der Waals surface area contributed by atoms with E-state index in [0.717, 1.165) is 12.1 Å². The summed E-state index contributed by atoms with van der Waals surface area (Å²) in [6, 6.07) is 3.37. The summed E-state index contributed by atoms with van der Waals surface area (Å²) < 4.78 is 13.3. The molecule has 0 aliphatic carbocycles. The number of hydrogen-bond acceptors (Lipinski definition) is 4. The maximum absolute atomic E-state index is 13.3. The molecule has 1 aromatic carbocycles. The lowest BCUT2D eigenvalue weighted by molar-refractivity contribution is -0.136. The first-order chi connectivity index (χ1) is 9.81. The Morgan fingerprint density at radius 3 is 2.57 bits per heavy atom. The molecule has 6 nitrogen and oxygen atoms in total. The van der Waals surface area contributed by atoms with Crippen molar-refractivity contribution >= 4 is 11.9 Å². The molecule has 4 N–H and O–H groups in total. The summed E-state index contributed by atoms with van der Waals surface area (Å²) in [6.45, 7) is 1.47. The van der Waals surface area contributed by atoms with Gasteiger partial charge in [-0.2, -0.15) is 0 Å². The number of aliphatic hydroxyl groups is 2. The first kappa shape index (κ1) is 17.1. The average Bonchev–Trinajstić information content (AvgIpc) is 2.39. The van der Waals surface area contributed by atoms with Crippen molar-refractivity contribution in [3.63, 3.8) is 0 Å². The molecule has 0 aliphatic rings. The fraction of sp³-hybridized carbons (Fsp3) is 0.429. The highest BCUT2D eigenvalue weighted by Gasteiger charge is 2.22. The van der Waals surface area contributed by atoms with Crippen LogP contribution in [-0.2, 0) is 16.0 Å². The van der Waals surface area contributed by atoms with Gasteiger partial charge in [0.1, 0.15) is 11.9 Å². The normalized spacial score (nSPS) is 13.5. The van der Waals surface area contributed by atoms with Gasteiger partial charge in [-0.05, 0) is 29.7 Å². The molecule has 7 heteroatoms. The maximum Gasteiger partial charge on any atom is 0.307 e. The molecule has 2 atom stereocenters. The second-order valence-electron chi connectivity index (χ2n) is 4.70. The van der Waals surface area contributed by atoms with Gasteiger partial charge < -0.3 is 20.6 Å². The second-order valence-corrected chi connectivity index (χ2v) is 4.70. The van der Waals surface area contributed by atoms with Gasteiger partial charge in [-0.3, -0.25) is 9.59 Å². The largest absolute Gasteiger partial charge is 0.481 e. The molecule has 0 saturated carbocycles. The van der Waals surface area contributed by atoms with E-state index in [9.17, 15) is 24.2 Å². The van der Waals surface area contributed by atoms with Crippen molar-refractivity contribution in [2.24, 2.45) is 0 Å². The fourth-order valence-electron chi connectivity index (χ4n) is 1.93. The zero-order valence-electron chi connectivity index (χ0n) is 11.5. The van der Waals surface area contributed by atoms with Gasteiger partial charge in [0, 0.05) is 13.5 Å². The molecule has 0 spiro atoms. The number of rotatable bonds is 7. The first-order valence-corrected chi connectivity index (χ1v) is 6.42. The van der Waals surface area contributed by atoms with Crippen molar-refractivity contribution in [3.05, 3.63) is 35.1 Å². The van der Waals surface area contributed by atoms with E-state index in [-0.39, 0.29) is 36.4 Å². The van der Waals surface area contributed by atoms with Crippen molar-refractivity contribution in [2.75, 3.05) is 6.54 Å². The van der Waals surface area contributed by atoms with Gasteiger partial charge in [0.15, 0.2) is 0 Å². The third kappa shape index (κ3) is 5.49. The highest BCUT2D eigenvalue weighted by Crippen LogP contribution is 2.24. The van der Waals surface area contributed by atoms with Gasteiger partial charge in [-0.1, -0.05) is 6.07 Å². The Morgan fingerprint density at radius 1 is 1.33 bits per heavy atom. The molecule has 1 rings (SSSR count). The Labute approximate surface area is 121 Å². The van der Waals surface area contributed by atoms with Gasteiger partial charge in [0.05, 0.1) is 12.5 Å². The maximum atomic E-state index is 13.3. The lowest BCUT2D eigenvalue weighted by Gasteiger charge is -2.20. The van der Waals surface area contributed by atoms with Crippen molar-refractivity contribution in [1.82, 2.24) is 5.32 Å². The van der Waals surface area contributed by atoms with E-state index in [1.54, 1.807) is 0 Å². The van der Waals surface area contributed by atoms with Gasteiger partial charge in [0.25, 0.3) is 0 Å². The first-order valence-electron chi connectivity index (χ1n) is 6.42. The highest BCUT2D eigenvalue weighted by atomic mass is 19.1. The summed E-state index contributed by atoms with van der Waals surface area (Å²) in [6.07, 6.45) is -3.00. The van der Waals surface area contributed by atoms with E-state index in [2.05, 4.69) is 5.32 Å². The predicted octanol–water partition coefficient (Wildman–Crippen LogP) is 0.373. The number of amides is 1. The summed E-state index contributed by atoms with van der Waals surface area (Å²) in [4.78, 5) is 21.5. The third-order valence-corrected chi connectivity index (χ3v) is 2.95. The summed E-state index contributed by atoms with van der Waals surface area (Å²) in [5.74, 6) is -2.02. The van der Waals surface area contributed by atoms with Crippen LogP contribution >= 0.6 is 0 Å². The Morgan fingerprint density at radius 2 is 2.00 bits per heavy atom. The number of nitrogens with one attached hydrogen (secondary N) is 1. The van der Waals surface area contributed by atoms with E-state index in [1.807, 2.05) is 0 Å². The van der Waals surface area contributed by atoms with Crippen molar-refractivity contribution in [1.29, 1.82) is 0 Å². The monoisotopic (exact) mass is 299 g/mol. The van der Waals surface area contributed by atoms with Crippen molar-refractivity contribution in [3.8, 4) is 0 Å². The topological polar surface area (TPSA) is 107 Å². The van der Waals surface area contributed by atoms with Gasteiger partial charge in [0.2, 0.25) is 5.91 Å². The summed E-state index contributed by atoms with van der Waals surface area (Å²) in [5, 5.41) is 31.2. The standard InChI is InChI=1S/C14H18FNO5/c1-8(17)16-5-4-12(18)14(21)11-7-10(15)3-2-9(11)6-13(19)20/h2-3,7,12,14,18,21H,4-6H2,1H3,(H,16,17)(H,19,20). The molecule has 0 aliphatic heterocycles. The number of carboxylic acids is 1. The van der Waals surface area contributed by atoms with E-state index in [4.69, 9.17) is 5.11 Å². The summed E-state index contributed by atoms with van der Waals surface area (Å²) >= 11 is 0. The van der Waals surface area contributed by atoms with Gasteiger partial charge in [-0.25, -0.2) is 4.39 Å².